The number of aryl methyl sites for hydroxylation is 1. The predicted octanol–water partition coefficient (Wildman–Crippen LogP) is 3.01. The van der Waals surface area contributed by atoms with Crippen molar-refractivity contribution < 1.29 is 4.79 Å². The molecule has 3 nitrogen and oxygen atoms in total. The highest BCUT2D eigenvalue weighted by Crippen LogP contribution is 2.19. The van der Waals surface area contributed by atoms with Gasteiger partial charge in [-0.25, -0.2) is 0 Å². The van der Waals surface area contributed by atoms with Gasteiger partial charge in [0.25, 0.3) is 0 Å². The van der Waals surface area contributed by atoms with Crippen molar-refractivity contribution in [1.82, 2.24) is 5.32 Å². The SMILES string of the molecule is Cc1cc(C(N)=O)ccc1CN[C@@H](C)c1cccs1. The quantitative estimate of drug-likeness (QED) is 0.880. The molecule has 0 saturated carbocycles. The van der Waals surface area contributed by atoms with Gasteiger partial charge in [0.15, 0.2) is 0 Å². The minimum Gasteiger partial charge on any atom is -0.366 e. The third-order valence-corrected chi connectivity index (χ3v) is 4.25. The molecule has 0 aliphatic rings. The number of nitrogens with one attached hydrogen (secondary N) is 1. The van der Waals surface area contributed by atoms with E-state index in [9.17, 15) is 4.79 Å². The molecule has 100 valence electrons. The van der Waals surface area contributed by atoms with Gasteiger partial charge in [-0.15, -0.1) is 11.3 Å². The van der Waals surface area contributed by atoms with Crippen molar-refractivity contribution >= 4 is 17.2 Å². The first-order valence-electron chi connectivity index (χ1n) is 6.24. The Balaban J connectivity index is 2.02. The molecule has 0 aliphatic heterocycles. The predicted molar refractivity (Wildman–Crippen MR) is 79.3 cm³/mol. The number of nitrogens with two attached hydrogens (primary N) is 1. The van der Waals surface area contributed by atoms with Gasteiger partial charge in [-0.2, -0.15) is 0 Å². The normalized spacial score (nSPS) is 12.3. The second-order valence-corrected chi connectivity index (χ2v) is 5.60. The maximum absolute atomic E-state index is 11.1. The molecule has 0 saturated heterocycles. The molecule has 1 atom stereocenters. The summed E-state index contributed by atoms with van der Waals surface area (Å²) in [6.45, 7) is 4.93. The van der Waals surface area contributed by atoms with E-state index in [0.717, 1.165) is 12.1 Å². The highest BCUT2D eigenvalue weighted by molar-refractivity contribution is 7.10. The monoisotopic (exact) mass is 274 g/mol. The van der Waals surface area contributed by atoms with Crippen LogP contribution < -0.4 is 11.1 Å². The molecular weight excluding hydrogens is 256 g/mol. The molecule has 1 heterocycles. The van der Waals surface area contributed by atoms with Crippen LogP contribution in [-0.2, 0) is 6.54 Å². The van der Waals surface area contributed by atoms with Crippen molar-refractivity contribution in [3.8, 4) is 0 Å². The Morgan fingerprint density at radius 3 is 2.79 bits per heavy atom. The molecule has 3 N–H and O–H groups in total. The molecule has 0 bridgehead atoms. The lowest BCUT2D eigenvalue weighted by atomic mass is 10.0. The van der Waals surface area contributed by atoms with Crippen LogP contribution in [-0.4, -0.2) is 5.91 Å². The van der Waals surface area contributed by atoms with Gasteiger partial charge in [0.05, 0.1) is 0 Å². The van der Waals surface area contributed by atoms with Gasteiger partial charge in [0.2, 0.25) is 5.91 Å². The van der Waals surface area contributed by atoms with Gasteiger partial charge < -0.3 is 11.1 Å². The highest BCUT2D eigenvalue weighted by atomic mass is 32.1. The number of carbonyl (C=O) groups is 1. The van der Waals surface area contributed by atoms with Crippen molar-refractivity contribution in [2.24, 2.45) is 5.73 Å². The highest BCUT2D eigenvalue weighted by Gasteiger charge is 2.08. The number of benzene rings is 1. The van der Waals surface area contributed by atoms with Crippen LogP contribution in [0.25, 0.3) is 0 Å². The molecule has 0 aliphatic carbocycles. The summed E-state index contributed by atoms with van der Waals surface area (Å²) in [6.07, 6.45) is 0. The molecule has 2 aromatic rings. The van der Waals surface area contributed by atoms with E-state index < -0.39 is 0 Å². The van der Waals surface area contributed by atoms with Crippen LogP contribution in [0.3, 0.4) is 0 Å². The van der Waals surface area contributed by atoms with Crippen molar-refractivity contribution in [2.45, 2.75) is 26.4 Å². The molecule has 1 aromatic heterocycles. The fourth-order valence-electron chi connectivity index (χ4n) is 1.95. The van der Waals surface area contributed by atoms with Gasteiger partial charge in [-0.3, -0.25) is 4.79 Å². The Kier molecular flexibility index (Phi) is 4.35. The van der Waals surface area contributed by atoms with Crippen LogP contribution in [0.2, 0.25) is 0 Å². The molecule has 0 unspecified atom stereocenters. The first-order valence-corrected chi connectivity index (χ1v) is 7.12. The smallest absolute Gasteiger partial charge is 0.248 e. The summed E-state index contributed by atoms with van der Waals surface area (Å²) in [5.74, 6) is -0.380. The fraction of sp³-hybridized carbons (Fsp3) is 0.267. The maximum atomic E-state index is 11.1. The van der Waals surface area contributed by atoms with Crippen molar-refractivity contribution in [2.75, 3.05) is 0 Å². The van der Waals surface area contributed by atoms with E-state index in [1.54, 1.807) is 17.4 Å². The number of amides is 1. The van der Waals surface area contributed by atoms with E-state index >= 15 is 0 Å². The van der Waals surface area contributed by atoms with Gasteiger partial charge in [-0.05, 0) is 48.6 Å². The summed E-state index contributed by atoms with van der Waals surface area (Å²) in [5, 5.41) is 5.57. The van der Waals surface area contributed by atoms with E-state index in [0.29, 0.717) is 11.6 Å². The first-order chi connectivity index (χ1) is 9.08. The molecule has 1 amide bonds. The number of thiophene rings is 1. The van der Waals surface area contributed by atoms with Gasteiger partial charge >= 0.3 is 0 Å². The summed E-state index contributed by atoms with van der Waals surface area (Å²) < 4.78 is 0. The van der Waals surface area contributed by atoms with E-state index in [1.165, 1.54) is 10.4 Å². The lowest BCUT2D eigenvalue weighted by Gasteiger charge is -2.14. The Bertz CT molecular complexity index is 564. The average molecular weight is 274 g/mol. The number of rotatable bonds is 5. The minimum atomic E-state index is -0.380. The molecule has 4 heteroatoms. The third-order valence-electron chi connectivity index (χ3n) is 3.20. The first kappa shape index (κ1) is 13.8. The summed E-state index contributed by atoms with van der Waals surface area (Å²) in [6, 6.07) is 10.1. The molecule has 0 radical (unpaired) electrons. The molecule has 0 spiro atoms. The van der Waals surface area contributed by atoms with E-state index in [4.69, 9.17) is 5.73 Å². The van der Waals surface area contributed by atoms with Crippen LogP contribution in [0.4, 0.5) is 0 Å². The van der Waals surface area contributed by atoms with Crippen LogP contribution in [0.5, 0.6) is 0 Å². The molecule has 1 aromatic carbocycles. The molecule has 0 fully saturated rings. The topological polar surface area (TPSA) is 55.1 Å². The summed E-state index contributed by atoms with van der Waals surface area (Å²) in [7, 11) is 0. The lowest BCUT2D eigenvalue weighted by molar-refractivity contribution is 0.1000. The zero-order valence-electron chi connectivity index (χ0n) is 11.1. The standard InChI is InChI=1S/C15H18N2OS/c1-10-8-12(15(16)18)5-6-13(10)9-17-11(2)14-4-3-7-19-14/h3-8,11,17H,9H2,1-2H3,(H2,16,18)/t11-/m0/s1. The number of carbonyl (C=O) groups excluding carboxylic acids is 1. The average Bonchev–Trinajstić information content (AvgIpc) is 2.90. The minimum absolute atomic E-state index is 0.329. The molecule has 2 rings (SSSR count). The maximum Gasteiger partial charge on any atom is 0.248 e. The van der Waals surface area contributed by atoms with E-state index in [-0.39, 0.29) is 5.91 Å². The van der Waals surface area contributed by atoms with Gasteiger partial charge in [0, 0.05) is 23.0 Å². The van der Waals surface area contributed by atoms with Crippen LogP contribution in [0.15, 0.2) is 35.7 Å². The Hall–Kier alpha value is -1.65. The second kappa shape index (κ2) is 5.99. The van der Waals surface area contributed by atoms with Gasteiger partial charge in [-0.1, -0.05) is 12.1 Å². The second-order valence-electron chi connectivity index (χ2n) is 4.62. The molecule has 19 heavy (non-hydrogen) atoms. The lowest BCUT2D eigenvalue weighted by Crippen LogP contribution is -2.18. The number of hydrogen-bond donors (Lipinski definition) is 2. The fourth-order valence-corrected chi connectivity index (χ4v) is 2.71. The Labute approximate surface area is 117 Å². The largest absolute Gasteiger partial charge is 0.366 e. The van der Waals surface area contributed by atoms with Crippen molar-refractivity contribution in [1.29, 1.82) is 0 Å². The van der Waals surface area contributed by atoms with E-state index in [1.807, 2.05) is 19.1 Å². The van der Waals surface area contributed by atoms with Crippen molar-refractivity contribution in [3.05, 3.63) is 57.3 Å². The van der Waals surface area contributed by atoms with E-state index in [2.05, 4.69) is 29.8 Å². The number of hydrogen-bond acceptors (Lipinski definition) is 3. The Morgan fingerprint density at radius 2 is 2.21 bits per heavy atom. The van der Waals surface area contributed by atoms with Crippen LogP contribution >= 0.6 is 11.3 Å². The summed E-state index contributed by atoms with van der Waals surface area (Å²) in [4.78, 5) is 12.4. The number of primary amides is 1. The van der Waals surface area contributed by atoms with Gasteiger partial charge in [0.1, 0.15) is 0 Å². The molecular formula is C15H18N2OS. The van der Waals surface area contributed by atoms with Crippen LogP contribution in [0, 0.1) is 6.92 Å². The van der Waals surface area contributed by atoms with Crippen LogP contribution in [0.1, 0.15) is 39.3 Å². The summed E-state index contributed by atoms with van der Waals surface area (Å²) >= 11 is 1.75. The summed E-state index contributed by atoms with van der Waals surface area (Å²) in [5.41, 5.74) is 8.10. The third kappa shape index (κ3) is 3.43. The zero-order chi connectivity index (χ0) is 13.8. The zero-order valence-corrected chi connectivity index (χ0v) is 12.0. The van der Waals surface area contributed by atoms with Crippen molar-refractivity contribution in [3.63, 3.8) is 0 Å². The Morgan fingerprint density at radius 1 is 1.42 bits per heavy atom.